The molecular formula is C20H22N4O3. The van der Waals surface area contributed by atoms with Crippen LogP contribution in [0.1, 0.15) is 31.9 Å². The number of benzene rings is 1. The number of amides is 1. The van der Waals surface area contributed by atoms with Crippen molar-refractivity contribution >= 4 is 12.1 Å². The summed E-state index contributed by atoms with van der Waals surface area (Å²) in [5.41, 5.74) is 3.62. The van der Waals surface area contributed by atoms with E-state index in [0.717, 1.165) is 24.0 Å². The molecule has 1 atom stereocenters. The number of amidine groups is 1. The van der Waals surface area contributed by atoms with Crippen molar-refractivity contribution in [2.45, 2.75) is 44.8 Å². The number of nitrogens with zero attached hydrogens (tertiary/aromatic N) is 3. The van der Waals surface area contributed by atoms with Crippen LogP contribution >= 0.6 is 0 Å². The molecule has 1 spiro atoms. The van der Waals surface area contributed by atoms with Gasteiger partial charge in [0.15, 0.2) is 0 Å². The lowest BCUT2D eigenvalue weighted by molar-refractivity contribution is 0.0551. The zero-order valence-electron chi connectivity index (χ0n) is 15.7. The predicted octanol–water partition coefficient (Wildman–Crippen LogP) is 2.89. The Morgan fingerprint density at radius 3 is 2.74 bits per heavy atom. The lowest BCUT2D eigenvalue weighted by atomic mass is 9.96. The molecule has 7 nitrogen and oxygen atoms in total. The van der Waals surface area contributed by atoms with Gasteiger partial charge in [-0.05, 0) is 37.5 Å². The third-order valence-electron chi connectivity index (χ3n) is 4.59. The highest BCUT2D eigenvalue weighted by molar-refractivity contribution is 5.91. The lowest BCUT2D eigenvalue weighted by Gasteiger charge is -2.19. The van der Waals surface area contributed by atoms with E-state index in [0.29, 0.717) is 6.61 Å². The molecule has 2 heterocycles. The number of aromatic nitrogens is 2. The Labute approximate surface area is 157 Å². The SMILES string of the molecule is CC(C)(C)OC(=O)NC1=N[C@@]2(CO1)Cc1cccc(-c3cncnc3)c1C2. The number of hydrogen-bond acceptors (Lipinski definition) is 6. The second-order valence-electron chi connectivity index (χ2n) is 7.98. The Morgan fingerprint density at radius 1 is 1.22 bits per heavy atom. The number of alkyl carbamates (subject to hydrolysis) is 1. The number of nitrogens with one attached hydrogen (secondary N) is 1. The van der Waals surface area contributed by atoms with Crippen molar-refractivity contribution in [3.05, 3.63) is 48.0 Å². The van der Waals surface area contributed by atoms with Crippen molar-refractivity contribution in [1.82, 2.24) is 15.3 Å². The van der Waals surface area contributed by atoms with Gasteiger partial charge in [-0.3, -0.25) is 0 Å². The van der Waals surface area contributed by atoms with Crippen LogP contribution in [0, 0.1) is 0 Å². The van der Waals surface area contributed by atoms with Gasteiger partial charge in [0.05, 0.1) is 0 Å². The predicted molar refractivity (Wildman–Crippen MR) is 100 cm³/mol. The second-order valence-corrected chi connectivity index (χ2v) is 7.98. The van der Waals surface area contributed by atoms with Gasteiger partial charge in [-0.25, -0.2) is 25.1 Å². The minimum Gasteiger partial charge on any atom is -0.462 e. The van der Waals surface area contributed by atoms with Crippen LogP contribution in [0.15, 0.2) is 41.9 Å². The van der Waals surface area contributed by atoms with Crippen LogP contribution in [-0.2, 0) is 22.3 Å². The summed E-state index contributed by atoms with van der Waals surface area (Å²) in [6.07, 6.45) is 6.11. The fraction of sp³-hybridized carbons (Fsp3) is 0.400. The molecule has 1 aliphatic heterocycles. The van der Waals surface area contributed by atoms with E-state index in [1.165, 1.54) is 17.5 Å². The molecule has 2 aromatic rings. The zero-order chi connectivity index (χ0) is 19.1. The fourth-order valence-electron chi connectivity index (χ4n) is 3.58. The Bertz CT molecular complexity index is 905. The van der Waals surface area contributed by atoms with Crippen LogP contribution in [0.2, 0.25) is 0 Å². The molecule has 0 saturated carbocycles. The first kappa shape index (κ1) is 17.5. The molecule has 0 saturated heterocycles. The maximum atomic E-state index is 12.0. The van der Waals surface area contributed by atoms with Gasteiger partial charge in [0, 0.05) is 30.8 Å². The fourth-order valence-corrected chi connectivity index (χ4v) is 3.58. The maximum absolute atomic E-state index is 12.0. The van der Waals surface area contributed by atoms with Crippen molar-refractivity contribution in [3.8, 4) is 11.1 Å². The number of fused-ring (bicyclic) bond motifs is 1. The zero-order valence-corrected chi connectivity index (χ0v) is 15.7. The number of rotatable bonds is 1. The van der Waals surface area contributed by atoms with Crippen LogP contribution in [0.5, 0.6) is 0 Å². The maximum Gasteiger partial charge on any atom is 0.415 e. The number of ether oxygens (including phenoxy) is 2. The molecule has 1 amide bonds. The average molecular weight is 366 g/mol. The van der Waals surface area contributed by atoms with E-state index in [4.69, 9.17) is 9.47 Å². The molecule has 2 aliphatic rings. The summed E-state index contributed by atoms with van der Waals surface area (Å²) in [6, 6.07) is 6.46. The second kappa shape index (κ2) is 6.33. The largest absolute Gasteiger partial charge is 0.462 e. The van der Waals surface area contributed by atoms with E-state index < -0.39 is 17.2 Å². The van der Waals surface area contributed by atoms with Crippen molar-refractivity contribution in [1.29, 1.82) is 0 Å². The molecule has 0 radical (unpaired) electrons. The Kier molecular flexibility index (Phi) is 4.09. The number of hydrogen-bond donors (Lipinski definition) is 1. The van der Waals surface area contributed by atoms with E-state index in [1.807, 2.05) is 39.2 Å². The molecule has 1 aromatic carbocycles. The van der Waals surface area contributed by atoms with Gasteiger partial charge in [-0.1, -0.05) is 18.2 Å². The number of carbonyl (C=O) groups excluding carboxylic acids is 1. The number of aliphatic imine (C=N–C) groups is 1. The topological polar surface area (TPSA) is 85.7 Å². The first-order valence-electron chi connectivity index (χ1n) is 8.92. The summed E-state index contributed by atoms with van der Waals surface area (Å²) in [6.45, 7) is 5.87. The van der Waals surface area contributed by atoms with Crippen molar-refractivity contribution < 1.29 is 14.3 Å². The summed E-state index contributed by atoms with van der Waals surface area (Å²) >= 11 is 0. The number of carbonyl (C=O) groups is 1. The Morgan fingerprint density at radius 2 is 2.00 bits per heavy atom. The average Bonchev–Trinajstić information content (AvgIpc) is 3.16. The van der Waals surface area contributed by atoms with Crippen LogP contribution < -0.4 is 5.32 Å². The molecule has 0 bridgehead atoms. The summed E-state index contributed by atoms with van der Waals surface area (Å²) < 4.78 is 10.9. The van der Waals surface area contributed by atoms with Crippen LogP contribution in [0.4, 0.5) is 4.79 Å². The van der Waals surface area contributed by atoms with Gasteiger partial charge in [0.1, 0.15) is 24.1 Å². The van der Waals surface area contributed by atoms with Gasteiger partial charge in [0.25, 0.3) is 6.02 Å². The lowest BCUT2D eigenvalue weighted by Crippen LogP contribution is -2.36. The Balaban J connectivity index is 1.55. The first-order chi connectivity index (χ1) is 12.8. The van der Waals surface area contributed by atoms with Crippen molar-refractivity contribution in [2.75, 3.05) is 6.61 Å². The van der Waals surface area contributed by atoms with Gasteiger partial charge in [0.2, 0.25) is 0 Å². The molecular weight excluding hydrogens is 344 g/mol. The highest BCUT2D eigenvalue weighted by Gasteiger charge is 2.43. The minimum atomic E-state index is -0.572. The quantitative estimate of drug-likeness (QED) is 0.839. The third kappa shape index (κ3) is 3.63. The van der Waals surface area contributed by atoms with Crippen LogP contribution in [0.3, 0.4) is 0 Å². The molecule has 1 aliphatic carbocycles. The standard InChI is InChI=1S/C20H22N4O3/c1-19(2,3)27-18(25)23-17-24-20(11-26-17)7-13-5-4-6-15(16(13)8-20)14-9-21-12-22-10-14/h4-6,9-10,12H,7-8,11H2,1-3H3,(H,23,24,25)/t20-/m0/s1. The first-order valence-corrected chi connectivity index (χ1v) is 8.92. The molecule has 7 heteroatoms. The highest BCUT2D eigenvalue weighted by Crippen LogP contribution is 2.40. The van der Waals surface area contributed by atoms with Gasteiger partial charge in [-0.2, -0.15) is 0 Å². The highest BCUT2D eigenvalue weighted by atomic mass is 16.6. The molecule has 27 heavy (non-hydrogen) atoms. The summed E-state index contributed by atoms with van der Waals surface area (Å²) in [4.78, 5) is 24.9. The Hall–Kier alpha value is -2.96. The molecule has 0 fully saturated rings. The smallest absolute Gasteiger partial charge is 0.415 e. The van der Waals surface area contributed by atoms with E-state index in [-0.39, 0.29) is 6.02 Å². The van der Waals surface area contributed by atoms with Gasteiger partial charge >= 0.3 is 6.09 Å². The van der Waals surface area contributed by atoms with E-state index in [1.54, 1.807) is 0 Å². The molecule has 1 N–H and O–H groups in total. The molecule has 0 unspecified atom stereocenters. The van der Waals surface area contributed by atoms with Gasteiger partial charge < -0.3 is 9.47 Å². The van der Waals surface area contributed by atoms with Crippen molar-refractivity contribution in [3.63, 3.8) is 0 Å². The van der Waals surface area contributed by atoms with Gasteiger partial charge in [-0.15, -0.1) is 0 Å². The van der Waals surface area contributed by atoms with E-state index >= 15 is 0 Å². The summed E-state index contributed by atoms with van der Waals surface area (Å²) in [5, 5.41) is 2.61. The summed E-state index contributed by atoms with van der Waals surface area (Å²) in [7, 11) is 0. The molecule has 4 rings (SSSR count). The van der Waals surface area contributed by atoms with E-state index in [2.05, 4.69) is 32.4 Å². The molecule has 140 valence electrons. The third-order valence-corrected chi connectivity index (χ3v) is 4.59. The molecule has 1 aromatic heterocycles. The van der Waals surface area contributed by atoms with E-state index in [9.17, 15) is 4.79 Å². The normalized spacial score (nSPS) is 20.8. The van der Waals surface area contributed by atoms with Crippen LogP contribution in [0.25, 0.3) is 11.1 Å². The monoisotopic (exact) mass is 366 g/mol. The minimum absolute atomic E-state index is 0.224. The van der Waals surface area contributed by atoms with Crippen molar-refractivity contribution in [2.24, 2.45) is 4.99 Å². The van der Waals surface area contributed by atoms with Crippen LogP contribution in [-0.4, -0.2) is 39.8 Å². The summed E-state index contributed by atoms with van der Waals surface area (Å²) in [5.74, 6) is 0.